The Bertz CT molecular complexity index is 1150. The fraction of sp³-hybridized carbons (Fsp3) is 0.273. The molecule has 1 fully saturated rings. The Morgan fingerprint density at radius 3 is 2.62 bits per heavy atom. The lowest BCUT2D eigenvalue weighted by Crippen LogP contribution is -2.32. The molecule has 0 atom stereocenters. The van der Waals surface area contributed by atoms with Gasteiger partial charge in [0.1, 0.15) is 5.82 Å². The number of methoxy groups -OCH3 is 1. The summed E-state index contributed by atoms with van der Waals surface area (Å²) < 4.78 is 4.61. The van der Waals surface area contributed by atoms with Gasteiger partial charge in [-0.2, -0.15) is 10.2 Å². The first-order valence-electron chi connectivity index (χ1n) is 10.2. The first-order chi connectivity index (χ1) is 15.5. The van der Waals surface area contributed by atoms with Gasteiger partial charge in [0.25, 0.3) is 0 Å². The zero-order valence-electron chi connectivity index (χ0n) is 17.8. The summed E-state index contributed by atoms with van der Waals surface area (Å²) in [6, 6.07) is 7.12. The molecule has 4 rings (SSSR count). The highest BCUT2D eigenvalue weighted by atomic mass is 16.5. The van der Waals surface area contributed by atoms with Crippen LogP contribution in [0.1, 0.15) is 18.5 Å². The molecule has 3 aromatic heterocycles. The number of nitrogens with zero attached hydrogens (tertiary/aromatic N) is 5. The van der Waals surface area contributed by atoms with Gasteiger partial charge in [-0.15, -0.1) is 0 Å². The number of urea groups is 1. The van der Waals surface area contributed by atoms with Crippen molar-refractivity contribution in [2.75, 3.05) is 30.8 Å². The third-order valence-corrected chi connectivity index (χ3v) is 5.17. The molecule has 0 aromatic carbocycles. The van der Waals surface area contributed by atoms with E-state index in [0.717, 1.165) is 48.3 Å². The molecule has 3 amide bonds. The van der Waals surface area contributed by atoms with Gasteiger partial charge in [0.05, 0.1) is 30.9 Å². The van der Waals surface area contributed by atoms with Gasteiger partial charge < -0.3 is 15.0 Å². The molecule has 4 heterocycles. The van der Waals surface area contributed by atoms with Gasteiger partial charge >= 0.3 is 12.1 Å². The Morgan fingerprint density at radius 1 is 1.03 bits per heavy atom. The van der Waals surface area contributed by atoms with E-state index in [1.165, 1.54) is 7.11 Å². The van der Waals surface area contributed by atoms with Crippen LogP contribution >= 0.6 is 0 Å². The summed E-state index contributed by atoms with van der Waals surface area (Å²) in [4.78, 5) is 34.2. The van der Waals surface area contributed by atoms with Crippen LogP contribution in [0.4, 0.5) is 21.1 Å². The number of nitrogens with one attached hydrogen (secondary N) is 2. The van der Waals surface area contributed by atoms with E-state index in [-0.39, 0.29) is 6.03 Å². The number of likely N-dealkylation sites (tertiary alicyclic amines) is 1. The van der Waals surface area contributed by atoms with Crippen LogP contribution in [0.3, 0.4) is 0 Å². The highest BCUT2D eigenvalue weighted by molar-refractivity contribution is 5.90. The number of aromatic nitrogens is 4. The fourth-order valence-electron chi connectivity index (χ4n) is 3.47. The number of hydrogen-bond donors (Lipinski definition) is 2. The van der Waals surface area contributed by atoms with Crippen molar-refractivity contribution in [2.24, 2.45) is 0 Å². The molecule has 1 saturated heterocycles. The topological polar surface area (TPSA) is 122 Å². The molecule has 0 spiro atoms. The Morgan fingerprint density at radius 2 is 1.84 bits per heavy atom. The molecule has 2 N–H and O–H groups in total. The van der Waals surface area contributed by atoms with Crippen molar-refractivity contribution in [1.29, 1.82) is 0 Å². The van der Waals surface area contributed by atoms with Gasteiger partial charge in [0.2, 0.25) is 0 Å². The summed E-state index contributed by atoms with van der Waals surface area (Å²) in [5, 5.41) is 13.9. The summed E-state index contributed by atoms with van der Waals surface area (Å²) in [5.74, 6) is 0.359. The summed E-state index contributed by atoms with van der Waals surface area (Å²) in [6.45, 7) is 3.41. The second-order valence-corrected chi connectivity index (χ2v) is 7.36. The molecule has 10 nitrogen and oxygen atoms in total. The third-order valence-electron chi connectivity index (χ3n) is 5.17. The van der Waals surface area contributed by atoms with Gasteiger partial charge in [0.15, 0.2) is 0 Å². The van der Waals surface area contributed by atoms with E-state index in [1.54, 1.807) is 35.6 Å². The number of rotatable bonds is 4. The number of carbonyl (C=O) groups is 2. The van der Waals surface area contributed by atoms with E-state index >= 15 is 0 Å². The standard InChI is InChI=1S/C22H23N7O3/c1-14-18(11-17(13-24-14)26-21(30)29-7-3-4-8-29)19-9-16(12-25-28-19)15-5-6-23-20(10-15)27-22(31)32-2/h5-6,9-13H,3-4,7-8H2,1-2H3,(H,26,30)(H,23,27,31). The number of hydrogen-bond acceptors (Lipinski definition) is 7. The number of ether oxygens (including phenoxy) is 1. The zero-order chi connectivity index (χ0) is 22.5. The van der Waals surface area contributed by atoms with E-state index in [9.17, 15) is 9.59 Å². The van der Waals surface area contributed by atoms with Crippen molar-refractivity contribution >= 4 is 23.6 Å². The van der Waals surface area contributed by atoms with E-state index in [4.69, 9.17) is 0 Å². The molecule has 3 aromatic rings. The second-order valence-electron chi connectivity index (χ2n) is 7.36. The highest BCUT2D eigenvalue weighted by Crippen LogP contribution is 2.28. The predicted molar refractivity (Wildman–Crippen MR) is 119 cm³/mol. The second kappa shape index (κ2) is 9.38. The Labute approximate surface area is 185 Å². The van der Waals surface area contributed by atoms with Gasteiger partial charge in [0, 0.05) is 36.1 Å². The Kier molecular flexibility index (Phi) is 6.20. The van der Waals surface area contributed by atoms with Crippen LogP contribution in [-0.4, -0.2) is 57.4 Å². The molecule has 164 valence electrons. The summed E-state index contributed by atoms with van der Waals surface area (Å²) >= 11 is 0. The average Bonchev–Trinajstić information content (AvgIpc) is 3.36. The maximum absolute atomic E-state index is 12.4. The molecule has 10 heteroatoms. The normalized spacial score (nSPS) is 13.0. The average molecular weight is 433 g/mol. The Balaban J connectivity index is 1.60. The highest BCUT2D eigenvalue weighted by Gasteiger charge is 2.18. The first kappa shape index (κ1) is 21.2. The molecular weight excluding hydrogens is 410 g/mol. The molecule has 0 unspecified atom stereocenters. The summed E-state index contributed by atoms with van der Waals surface area (Å²) in [7, 11) is 1.29. The third kappa shape index (κ3) is 4.80. The monoisotopic (exact) mass is 433 g/mol. The summed E-state index contributed by atoms with van der Waals surface area (Å²) in [6.07, 6.45) is 6.30. The number of aryl methyl sites for hydroxylation is 1. The molecule has 0 bridgehead atoms. The van der Waals surface area contributed by atoms with Crippen LogP contribution in [0.5, 0.6) is 0 Å². The van der Waals surface area contributed by atoms with Gasteiger partial charge in [-0.25, -0.2) is 14.6 Å². The minimum Gasteiger partial charge on any atom is -0.453 e. The zero-order valence-corrected chi connectivity index (χ0v) is 17.8. The van der Waals surface area contributed by atoms with Crippen molar-refractivity contribution in [1.82, 2.24) is 25.1 Å². The smallest absolute Gasteiger partial charge is 0.412 e. The van der Waals surface area contributed by atoms with Crippen LogP contribution in [0.25, 0.3) is 22.4 Å². The van der Waals surface area contributed by atoms with Crippen LogP contribution in [0, 0.1) is 6.92 Å². The Hall–Kier alpha value is -4.08. The molecule has 0 saturated carbocycles. The van der Waals surface area contributed by atoms with Crippen molar-refractivity contribution in [2.45, 2.75) is 19.8 Å². The van der Waals surface area contributed by atoms with E-state index in [2.05, 4.69) is 35.5 Å². The van der Waals surface area contributed by atoms with Crippen molar-refractivity contribution < 1.29 is 14.3 Å². The molecular formula is C22H23N7O3. The van der Waals surface area contributed by atoms with Crippen LogP contribution in [0.2, 0.25) is 0 Å². The largest absolute Gasteiger partial charge is 0.453 e. The van der Waals surface area contributed by atoms with E-state index in [0.29, 0.717) is 17.2 Å². The summed E-state index contributed by atoms with van der Waals surface area (Å²) in [5.41, 5.74) is 4.33. The van der Waals surface area contributed by atoms with Crippen molar-refractivity contribution in [3.63, 3.8) is 0 Å². The van der Waals surface area contributed by atoms with Crippen LogP contribution in [-0.2, 0) is 4.74 Å². The van der Waals surface area contributed by atoms with Crippen molar-refractivity contribution in [3.8, 4) is 22.4 Å². The fourth-order valence-corrected chi connectivity index (χ4v) is 3.47. The molecule has 1 aliphatic rings. The van der Waals surface area contributed by atoms with E-state index < -0.39 is 6.09 Å². The lowest BCUT2D eigenvalue weighted by Gasteiger charge is -2.16. The molecule has 32 heavy (non-hydrogen) atoms. The maximum Gasteiger partial charge on any atom is 0.412 e. The van der Waals surface area contributed by atoms with Gasteiger partial charge in [-0.1, -0.05) is 0 Å². The predicted octanol–water partition coefficient (Wildman–Crippen LogP) is 3.72. The molecule has 1 aliphatic heterocycles. The van der Waals surface area contributed by atoms with Gasteiger partial charge in [-0.05, 0) is 49.6 Å². The lowest BCUT2D eigenvalue weighted by molar-refractivity contribution is 0.187. The van der Waals surface area contributed by atoms with Crippen molar-refractivity contribution in [3.05, 3.63) is 48.5 Å². The molecule has 0 radical (unpaired) electrons. The minimum atomic E-state index is -0.599. The SMILES string of the molecule is COC(=O)Nc1cc(-c2cnnc(-c3cc(NC(=O)N4CCCC4)cnc3C)c2)ccn1. The quantitative estimate of drug-likeness (QED) is 0.643. The van der Waals surface area contributed by atoms with E-state index in [1.807, 2.05) is 19.1 Å². The lowest BCUT2D eigenvalue weighted by atomic mass is 10.0. The molecule has 0 aliphatic carbocycles. The number of anilines is 2. The number of pyridine rings is 2. The minimum absolute atomic E-state index is 0.124. The number of carbonyl (C=O) groups excluding carboxylic acids is 2. The number of amides is 3. The van der Waals surface area contributed by atoms with Gasteiger partial charge in [-0.3, -0.25) is 10.3 Å². The first-order valence-corrected chi connectivity index (χ1v) is 10.2. The van der Waals surface area contributed by atoms with Crippen LogP contribution < -0.4 is 10.6 Å². The maximum atomic E-state index is 12.4. The van der Waals surface area contributed by atoms with Crippen LogP contribution in [0.15, 0.2) is 42.9 Å².